The Hall–Kier alpha value is -1.50. The molecule has 6 heteroatoms. The second-order valence-electron chi connectivity index (χ2n) is 6.27. The van der Waals surface area contributed by atoms with Crippen molar-refractivity contribution in [3.05, 3.63) is 24.9 Å². The van der Waals surface area contributed by atoms with Crippen LogP contribution in [-0.2, 0) is 19.0 Å². The van der Waals surface area contributed by atoms with Gasteiger partial charge >= 0.3 is 0 Å². The van der Waals surface area contributed by atoms with E-state index in [1.54, 1.807) is 25.3 Å². The molecular weight excluding hydrogens is 308 g/mol. The van der Waals surface area contributed by atoms with Crippen LogP contribution in [0.5, 0.6) is 0 Å². The van der Waals surface area contributed by atoms with Crippen molar-refractivity contribution in [1.82, 2.24) is 0 Å². The Morgan fingerprint density at radius 1 is 1.42 bits per heavy atom. The van der Waals surface area contributed by atoms with Crippen LogP contribution in [0.1, 0.15) is 40.0 Å². The van der Waals surface area contributed by atoms with Gasteiger partial charge in [0, 0.05) is 19.2 Å². The zero-order valence-electron chi connectivity index (χ0n) is 14.9. The van der Waals surface area contributed by atoms with Crippen molar-refractivity contribution in [2.75, 3.05) is 13.2 Å². The van der Waals surface area contributed by atoms with Gasteiger partial charge in [0.1, 0.15) is 18.0 Å². The first-order chi connectivity index (χ1) is 11.4. The van der Waals surface area contributed by atoms with Crippen LogP contribution in [0.3, 0.4) is 0 Å². The van der Waals surface area contributed by atoms with E-state index in [1.807, 2.05) is 13.8 Å². The van der Waals surface area contributed by atoms with Gasteiger partial charge in [-0.25, -0.2) is 0 Å². The molecule has 24 heavy (non-hydrogen) atoms. The van der Waals surface area contributed by atoms with Crippen LogP contribution >= 0.6 is 0 Å². The topological polar surface area (TPSA) is 83.1 Å². The predicted octanol–water partition coefficient (Wildman–Crippen LogP) is 2.38. The predicted molar refractivity (Wildman–Crippen MR) is 95.0 cm³/mol. The molecule has 0 saturated carbocycles. The van der Waals surface area contributed by atoms with Crippen LogP contribution in [0, 0.1) is 0 Å². The molecule has 0 bridgehead atoms. The van der Waals surface area contributed by atoms with Crippen molar-refractivity contribution in [3.63, 3.8) is 0 Å². The first kappa shape index (κ1) is 20.5. The van der Waals surface area contributed by atoms with Crippen LogP contribution in [0.4, 0.5) is 0 Å². The first-order valence-electron chi connectivity index (χ1n) is 8.34. The average Bonchev–Trinajstić information content (AvgIpc) is 2.84. The summed E-state index contributed by atoms with van der Waals surface area (Å²) in [6.07, 6.45) is 8.99. The van der Waals surface area contributed by atoms with Crippen molar-refractivity contribution < 1.29 is 19.0 Å². The second-order valence-corrected chi connectivity index (χ2v) is 6.27. The van der Waals surface area contributed by atoms with Gasteiger partial charge in [-0.1, -0.05) is 6.08 Å². The SMILES string of the molecule is C=CCCC(C)=O.CC1(C)OC2CCOC(CN=C/C=C\N)C2O1. The van der Waals surface area contributed by atoms with Crippen molar-refractivity contribution in [3.8, 4) is 0 Å². The number of rotatable bonds is 6. The lowest BCUT2D eigenvalue weighted by molar-refractivity contribution is -0.152. The van der Waals surface area contributed by atoms with E-state index in [0.717, 1.165) is 12.8 Å². The molecule has 2 aliphatic heterocycles. The summed E-state index contributed by atoms with van der Waals surface area (Å²) in [6, 6.07) is 0. The molecular formula is C18H30N2O4. The Bertz CT molecular complexity index is 460. The van der Waals surface area contributed by atoms with Gasteiger partial charge in [-0.15, -0.1) is 6.58 Å². The fourth-order valence-electron chi connectivity index (χ4n) is 2.57. The van der Waals surface area contributed by atoms with Crippen molar-refractivity contribution in [2.24, 2.45) is 10.7 Å². The third-order valence-electron chi connectivity index (χ3n) is 3.61. The minimum absolute atomic E-state index is 0.0160. The summed E-state index contributed by atoms with van der Waals surface area (Å²) in [7, 11) is 0. The van der Waals surface area contributed by atoms with Crippen LogP contribution < -0.4 is 5.73 Å². The molecule has 3 unspecified atom stereocenters. The Kier molecular flexibility index (Phi) is 8.89. The fourth-order valence-corrected chi connectivity index (χ4v) is 2.57. The van der Waals surface area contributed by atoms with Gasteiger partial charge in [0.15, 0.2) is 5.79 Å². The van der Waals surface area contributed by atoms with Gasteiger partial charge in [0.05, 0.1) is 12.6 Å². The van der Waals surface area contributed by atoms with Gasteiger partial charge in [0.2, 0.25) is 0 Å². The molecule has 2 fully saturated rings. The van der Waals surface area contributed by atoms with Crippen LogP contribution in [0.15, 0.2) is 29.9 Å². The minimum Gasteiger partial charge on any atom is -0.405 e. The molecule has 0 aromatic rings. The Morgan fingerprint density at radius 2 is 2.17 bits per heavy atom. The highest BCUT2D eigenvalue weighted by molar-refractivity contribution is 5.75. The summed E-state index contributed by atoms with van der Waals surface area (Å²) in [4.78, 5) is 14.4. The number of ether oxygens (including phenoxy) is 3. The van der Waals surface area contributed by atoms with Crippen molar-refractivity contribution in [2.45, 2.75) is 64.1 Å². The summed E-state index contributed by atoms with van der Waals surface area (Å²) in [5.74, 6) is -0.276. The van der Waals surface area contributed by atoms with E-state index in [2.05, 4.69) is 11.6 Å². The smallest absolute Gasteiger partial charge is 0.163 e. The standard InChI is InChI=1S/C12H20N2O3.C6H10O/c1-12(2)16-9-4-7-15-10(11(9)17-12)8-14-6-3-5-13;1-3-4-5-6(2)7/h3,5-6,9-11H,4,7-8,13H2,1-2H3;3H,1,4-5H2,2H3/b5-3-,14-6?;. The maximum Gasteiger partial charge on any atom is 0.163 e. The third kappa shape index (κ3) is 7.38. The molecule has 3 atom stereocenters. The first-order valence-corrected chi connectivity index (χ1v) is 8.34. The van der Waals surface area contributed by atoms with E-state index < -0.39 is 5.79 Å². The van der Waals surface area contributed by atoms with Crippen LogP contribution in [0.2, 0.25) is 0 Å². The van der Waals surface area contributed by atoms with Crippen LogP contribution in [0.25, 0.3) is 0 Å². The van der Waals surface area contributed by atoms with Gasteiger partial charge in [-0.2, -0.15) is 0 Å². The number of nitrogens with two attached hydrogens (primary N) is 1. The van der Waals surface area contributed by atoms with E-state index >= 15 is 0 Å². The molecule has 2 aliphatic rings. The summed E-state index contributed by atoms with van der Waals surface area (Å²) < 4.78 is 17.4. The number of hydrogen-bond donors (Lipinski definition) is 1. The number of carbonyl (C=O) groups excluding carboxylic acids is 1. The largest absolute Gasteiger partial charge is 0.405 e. The van der Waals surface area contributed by atoms with Gasteiger partial charge in [-0.05, 0) is 45.9 Å². The number of Topliss-reactive ketones (excluding diaryl/α,β-unsaturated/α-hetero) is 1. The lowest BCUT2D eigenvalue weighted by Crippen LogP contribution is -2.44. The van der Waals surface area contributed by atoms with Gasteiger partial charge in [-0.3, -0.25) is 4.99 Å². The lowest BCUT2D eigenvalue weighted by Gasteiger charge is -2.30. The average molecular weight is 338 g/mol. The summed E-state index contributed by atoms with van der Waals surface area (Å²) in [5.41, 5.74) is 5.22. The number of aliphatic imine (C=N–C) groups is 1. The van der Waals surface area contributed by atoms with E-state index in [4.69, 9.17) is 19.9 Å². The zero-order valence-corrected chi connectivity index (χ0v) is 14.9. The summed E-state index contributed by atoms with van der Waals surface area (Å²) in [6.45, 7) is 10.2. The van der Waals surface area contributed by atoms with E-state index in [9.17, 15) is 4.79 Å². The molecule has 2 heterocycles. The second kappa shape index (κ2) is 10.4. The summed E-state index contributed by atoms with van der Waals surface area (Å²) in [5, 5.41) is 0. The highest BCUT2D eigenvalue weighted by Crippen LogP contribution is 2.35. The molecule has 0 aliphatic carbocycles. The van der Waals surface area contributed by atoms with Crippen molar-refractivity contribution >= 4 is 12.0 Å². The summed E-state index contributed by atoms with van der Waals surface area (Å²) >= 11 is 0. The molecule has 0 aromatic carbocycles. The molecule has 0 radical (unpaired) electrons. The van der Waals surface area contributed by atoms with E-state index in [1.165, 1.54) is 6.20 Å². The third-order valence-corrected chi connectivity index (χ3v) is 3.61. The minimum atomic E-state index is -0.512. The molecule has 2 N–H and O–H groups in total. The number of fused-ring (bicyclic) bond motifs is 1. The lowest BCUT2D eigenvalue weighted by atomic mass is 10.0. The fraction of sp³-hybridized carbons (Fsp3) is 0.667. The number of nitrogens with zero attached hydrogens (tertiary/aromatic N) is 1. The Morgan fingerprint density at radius 3 is 2.75 bits per heavy atom. The normalized spacial score (nSPS) is 28.4. The zero-order chi connectivity index (χ0) is 18.0. The Labute approximate surface area is 144 Å². The maximum atomic E-state index is 10.2. The quantitative estimate of drug-likeness (QED) is 0.594. The molecule has 0 spiro atoms. The molecule has 136 valence electrons. The molecule has 0 aromatic heterocycles. The van der Waals surface area contributed by atoms with Crippen LogP contribution in [-0.4, -0.2) is 49.2 Å². The number of hydrogen-bond acceptors (Lipinski definition) is 6. The maximum absolute atomic E-state index is 10.2. The molecule has 2 rings (SSSR count). The monoisotopic (exact) mass is 338 g/mol. The number of ketones is 1. The van der Waals surface area contributed by atoms with E-state index in [-0.39, 0.29) is 24.1 Å². The molecule has 0 amide bonds. The molecule has 2 saturated heterocycles. The Balaban J connectivity index is 0.000000351. The van der Waals surface area contributed by atoms with Gasteiger partial charge in [0.25, 0.3) is 0 Å². The van der Waals surface area contributed by atoms with E-state index in [0.29, 0.717) is 19.6 Å². The highest BCUT2D eigenvalue weighted by Gasteiger charge is 2.47. The van der Waals surface area contributed by atoms with Gasteiger partial charge < -0.3 is 24.7 Å². The van der Waals surface area contributed by atoms with Crippen molar-refractivity contribution in [1.29, 1.82) is 0 Å². The number of carbonyl (C=O) groups is 1. The highest BCUT2D eigenvalue weighted by atomic mass is 16.8. The molecule has 6 nitrogen and oxygen atoms in total. The number of allylic oxidation sites excluding steroid dienone is 2.